The molecule has 0 saturated carbocycles. The lowest BCUT2D eigenvalue weighted by Gasteiger charge is -2.17. The van der Waals surface area contributed by atoms with Crippen LogP contribution in [-0.2, 0) is 0 Å². The Morgan fingerprint density at radius 3 is 2.75 bits per heavy atom. The first-order valence-electron chi connectivity index (χ1n) is 7.33. The van der Waals surface area contributed by atoms with E-state index in [0.29, 0.717) is 0 Å². The van der Waals surface area contributed by atoms with Crippen LogP contribution in [0.1, 0.15) is 44.2 Å². The molecule has 1 aromatic heterocycles. The van der Waals surface area contributed by atoms with Crippen molar-refractivity contribution in [2.24, 2.45) is 5.73 Å². The van der Waals surface area contributed by atoms with Crippen molar-refractivity contribution in [3.63, 3.8) is 0 Å². The standard InChI is InChI=1S/C17H24N2O/c1-3-4-5-7-15(18)14-12-13(9-10-17(14)20-2)16-8-6-11-19-16/h6,8-12,15,19H,3-5,7,18H2,1-2H3. The van der Waals surface area contributed by atoms with Gasteiger partial charge in [-0.05, 0) is 42.3 Å². The molecule has 0 bridgehead atoms. The summed E-state index contributed by atoms with van der Waals surface area (Å²) in [5.74, 6) is 0.879. The predicted molar refractivity (Wildman–Crippen MR) is 83.9 cm³/mol. The van der Waals surface area contributed by atoms with Crippen molar-refractivity contribution >= 4 is 0 Å². The van der Waals surface area contributed by atoms with Crippen molar-refractivity contribution in [2.45, 2.75) is 38.6 Å². The number of ether oxygens (including phenoxy) is 1. The number of nitrogens with one attached hydrogen (secondary N) is 1. The number of aromatic nitrogens is 1. The zero-order chi connectivity index (χ0) is 14.4. The second kappa shape index (κ2) is 7.15. The summed E-state index contributed by atoms with van der Waals surface area (Å²) >= 11 is 0. The number of methoxy groups -OCH3 is 1. The zero-order valence-electron chi connectivity index (χ0n) is 12.4. The number of hydrogen-bond acceptors (Lipinski definition) is 2. The van der Waals surface area contributed by atoms with Crippen LogP contribution in [0.4, 0.5) is 0 Å². The number of unbranched alkanes of at least 4 members (excludes halogenated alkanes) is 2. The van der Waals surface area contributed by atoms with Crippen molar-refractivity contribution < 1.29 is 4.74 Å². The first-order valence-corrected chi connectivity index (χ1v) is 7.33. The van der Waals surface area contributed by atoms with E-state index in [4.69, 9.17) is 10.5 Å². The minimum atomic E-state index is 0.0337. The van der Waals surface area contributed by atoms with E-state index in [2.05, 4.69) is 30.1 Å². The molecule has 0 radical (unpaired) electrons. The van der Waals surface area contributed by atoms with Gasteiger partial charge in [0.1, 0.15) is 5.75 Å². The topological polar surface area (TPSA) is 51.0 Å². The molecule has 0 saturated heterocycles. The Kier molecular flexibility index (Phi) is 5.24. The average molecular weight is 272 g/mol. The second-order valence-corrected chi connectivity index (χ2v) is 5.14. The van der Waals surface area contributed by atoms with E-state index in [0.717, 1.165) is 35.4 Å². The quantitative estimate of drug-likeness (QED) is 0.739. The van der Waals surface area contributed by atoms with E-state index in [1.54, 1.807) is 7.11 Å². The lowest BCUT2D eigenvalue weighted by molar-refractivity contribution is 0.403. The van der Waals surface area contributed by atoms with Crippen LogP contribution in [0.5, 0.6) is 5.75 Å². The Morgan fingerprint density at radius 2 is 2.10 bits per heavy atom. The summed E-state index contributed by atoms with van der Waals surface area (Å²) in [6.07, 6.45) is 6.53. The Morgan fingerprint density at radius 1 is 1.25 bits per heavy atom. The highest BCUT2D eigenvalue weighted by atomic mass is 16.5. The third-order valence-corrected chi connectivity index (χ3v) is 3.66. The fourth-order valence-electron chi connectivity index (χ4n) is 2.47. The molecular formula is C17H24N2O. The highest BCUT2D eigenvalue weighted by Crippen LogP contribution is 2.31. The molecule has 20 heavy (non-hydrogen) atoms. The predicted octanol–water partition coefficient (Wildman–Crippen LogP) is 4.27. The second-order valence-electron chi connectivity index (χ2n) is 5.14. The summed E-state index contributed by atoms with van der Waals surface area (Å²) in [7, 11) is 1.70. The maximum absolute atomic E-state index is 6.34. The van der Waals surface area contributed by atoms with Gasteiger partial charge in [-0.1, -0.05) is 26.2 Å². The van der Waals surface area contributed by atoms with Gasteiger partial charge in [0.05, 0.1) is 7.11 Å². The van der Waals surface area contributed by atoms with E-state index in [-0.39, 0.29) is 6.04 Å². The fraction of sp³-hybridized carbons (Fsp3) is 0.412. The molecule has 2 aromatic rings. The van der Waals surface area contributed by atoms with Crippen LogP contribution in [0, 0.1) is 0 Å². The molecule has 1 aromatic carbocycles. The van der Waals surface area contributed by atoms with E-state index < -0.39 is 0 Å². The Balaban J connectivity index is 2.22. The highest BCUT2D eigenvalue weighted by Gasteiger charge is 2.13. The summed E-state index contributed by atoms with van der Waals surface area (Å²) in [5, 5.41) is 0. The van der Waals surface area contributed by atoms with Gasteiger partial charge in [-0.25, -0.2) is 0 Å². The molecule has 1 heterocycles. The van der Waals surface area contributed by atoms with Crippen LogP contribution in [0.3, 0.4) is 0 Å². The third-order valence-electron chi connectivity index (χ3n) is 3.66. The molecule has 3 N–H and O–H groups in total. The summed E-state index contributed by atoms with van der Waals surface area (Å²) in [6.45, 7) is 2.21. The molecule has 0 fully saturated rings. The first kappa shape index (κ1) is 14.7. The fourth-order valence-corrected chi connectivity index (χ4v) is 2.47. The van der Waals surface area contributed by atoms with E-state index in [1.807, 2.05) is 18.3 Å². The maximum atomic E-state index is 6.34. The van der Waals surface area contributed by atoms with Gasteiger partial charge in [-0.15, -0.1) is 0 Å². The summed E-state index contributed by atoms with van der Waals surface area (Å²) < 4.78 is 5.45. The number of hydrogen-bond donors (Lipinski definition) is 2. The third kappa shape index (κ3) is 3.42. The minimum absolute atomic E-state index is 0.0337. The first-order chi connectivity index (χ1) is 9.76. The van der Waals surface area contributed by atoms with E-state index in [1.165, 1.54) is 12.8 Å². The smallest absolute Gasteiger partial charge is 0.123 e. The lowest BCUT2D eigenvalue weighted by Crippen LogP contribution is -2.11. The molecule has 108 valence electrons. The minimum Gasteiger partial charge on any atom is -0.496 e. The number of H-pyrrole nitrogens is 1. The maximum Gasteiger partial charge on any atom is 0.123 e. The average Bonchev–Trinajstić information content (AvgIpc) is 3.01. The van der Waals surface area contributed by atoms with Crippen LogP contribution in [0.25, 0.3) is 11.3 Å². The summed E-state index contributed by atoms with van der Waals surface area (Å²) in [5.41, 5.74) is 9.69. The van der Waals surface area contributed by atoms with Gasteiger partial charge in [0.25, 0.3) is 0 Å². The molecule has 3 heteroatoms. The number of nitrogens with two attached hydrogens (primary N) is 1. The number of aromatic amines is 1. The summed E-state index contributed by atoms with van der Waals surface area (Å²) in [4.78, 5) is 3.23. The SMILES string of the molecule is CCCCCC(N)c1cc(-c2ccc[nH]2)ccc1OC. The molecule has 0 spiro atoms. The molecular weight excluding hydrogens is 248 g/mol. The van der Waals surface area contributed by atoms with Crippen molar-refractivity contribution in [1.29, 1.82) is 0 Å². The molecule has 3 nitrogen and oxygen atoms in total. The van der Waals surface area contributed by atoms with Crippen molar-refractivity contribution in [3.8, 4) is 17.0 Å². The highest BCUT2D eigenvalue weighted by molar-refractivity contribution is 5.62. The normalized spacial score (nSPS) is 12.3. The van der Waals surface area contributed by atoms with Crippen molar-refractivity contribution in [1.82, 2.24) is 4.98 Å². The van der Waals surface area contributed by atoms with Crippen LogP contribution in [0.2, 0.25) is 0 Å². The van der Waals surface area contributed by atoms with Gasteiger partial charge in [0, 0.05) is 23.5 Å². The Hall–Kier alpha value is -1.74. The lowest BCUT2D eigenvalue weighted by atomic mass is 9.97. The molecule has 2 rings (SSSR count). The van der Waals surface area contributed by atoms with Crippen LogP contribution in [0.15, 0.2) is 36.5 Å². The summed E-state index contributed by atoms with van der Waals surface area (Å²) in [6, 6.07) is 10.3. The molecule has 1 atom stereocenters. The van der Waals surface area contributed by atoms with Gasteiger partial charge in [0.2, 0.25) is 0 Å². The van der Waals surface area contributed by atoms with Crippen molar-refractivity contribution in [3.05, 3.63) is 42.1 Å². The zero-order valence-corrected chi connectivity index (χ0v) is 12.4. The van der Waals surface area contributed by atoms with Gasteiger partial charge in [0.15, 0.2) is 0 Å². The van der Waals surface area contributed by atoms with Crippen LogP contribution >= 0.6 is 0 Å². The molecule has 0 aliphatic heterocycles. The molecule has 0 aliphatic carbocycles. The Bertz CT molecular complexity index is 520. The van der Waals surface area contributed by atoms with Gasteiger partial charge in [-0.3, -0.25) is 0 Å². The van der Waals surface area contributed by atoms with Gasteiger partial charge in [-0.2, -0.15) is 0 Å². The van der Waals surface area contributed by atoms with E-state index >= 15 is 0 Å². The molecule has 0 aliphatic rings. The van der Waals surface area contributed by atoms with Gasteiger partial charge >= 0.3 is 0 Å². The Labute approximate surface area is 121 Å². The van der Waals surface area contributed by atoms with Crippen molar-refractivity contribution in [2.75, 3.05) is 7.11 Å². The van der Waals surface area contributed by atoms with E-state index in [9.17, 15) is 0 Å². The molecule has 1 unspecified atom stereocenters. The molecule has 0 amide bonds. The number of benzene rings is 1. The largest absolute Gasteiger partial charge is 0.496 e. The van der Waals surface area contributed by atoms with Crippen LogP contribution in [-0.4, -0.2) is 12.1 Å². The monoisotopic (exact) mass is 272 g/mol. The number of rotatable bonds is 7. The van der Waals surface area contributed by atoms with Gasteiger partial charge < -0.3 is 15.5 Å². The van der Waals surface area contributed by atoms with Crippen LogP contribution < -0.4 is 10.5 Å².